The maximum Gasteiger partial charge on any atom is 0.411 e. The van der Waals surface area contributed by atoms with Crippen LogP contribution in [0.25, 0.3) is 11.3 Å². The van der Waals surface area contributed by atoms with Gasteiger partial charge < -0.3 is 20.1 Å². The number of benzene rings is 1. The van der Waals surface area contributed by atoms with Gasteiger partial charge in [-0.15, -0.1) is 11.3 Å². The van der Waals surface area contributed by atoms with Gasteiger partial charge >= 0.3 is 12.1 Å². The van der Waals surface area contributed by atoms with Crippen LogP contribution in [-0.2, 0) is 32.9 Å². The zero-order valence-corrected chi connectivity index (χ0v) is 29.9. The van der Waals surface area contributed by atoms with Gasteiger partial charge in [0.15, 0.2) is 6.04 Å². The van der Waals surface area contributed by atoms with Crippen LogP contribution in [0.1, 0.15) is 67.3 Å². The lowest BCUT2D eigenvalue weighted by Crippen LogP contribution is -2.49. The first kappa shape index (κ1) is 36.3. The Bertz CT molecular complexity index is 1770. The van der Waals surface area contributed by atoms with Crippen LogP contribution in [0.3, 0.4) is 0 Å². The number of aryl methyl sites for hydroxylation is 1. The Balaban J connectivity index is 1.39. The van der Waals surface area contributed by atoms with E-state index in [-0.39, 0.29) is 24.3 Å². The van der Waals surface area contributed by atoms with Gasteiger partial charge in [0.2, 0.25) is 5.28 Å². The molecule has 3 heterocycles. The van der Waals surface area contributed by atoms with Crippen LogP contribution >= 0.6 is 22.9 Å². The van der Waals surface area contributed by atoms with Gasteiger partial charge in [0, 0.05) is 31.0 Å². The molecule has 13 nitrogen and oxygen atoms in total. The molecule has 4 aromatic rings. The largest absolute Gasteiger partial charge is 0.467 e. The van der Waals surface area contributed by atoms with Crippen LogP contribution in [-0.4, -0.2) is 72.9 Å². The quantitative estimate of drug-likeness (QED) is 0.137. The summed E-state index contributed by atoms with van der Waals surface area (Å²) in [6.07, 6.45) is 5.91. The topological polar surface area (TPSA) is 153 Å². The van der Waals surface area contributed by atoms with Crippen molar-refractivity contribution in [3.05, 3.63) is 75.3 Å². The molecule has 2 N–H and O–H groups in total. The number of rotatable bonds is 12. The van der Waals surface area contributed by atoms with E-state index in [2.05, 4.69) is 30.7 Å². The zero-order valence-electron chi connectivity index (χ0n) is 28.3. The summed E-state index contributed by atoms with van der Waals surface area (Å²) in [6, 6.07) is 6.73. The van der Waals surface area contributed by atoms with Crippen LogP contribution in [0.5, 0.6) is 0 Å². The third kappa shape index (κ3) is 9.28. The van der Waals surface area contributed by atoms with E-state index in [9.17, 15) is 14.4 Å². The molecule has 48 heavy (non-hydrogen) atoms. The highest BCUT2D eigenvalue weighted by molar-refractivity contribution is 7.13. The highest BCUT2D eigenvalue weighted by atomic mass is 35.5. The summed E-state index contributed by atoms with van der Waals surface area (Å²) in [5, 5.41) is 11.7. The highest BCUT2D eigenvalue weighted by Gasteiger charge is 2.34. The van der Waals surface area contributed by atoms with Crippen LogP contribution in [0.4, 0.5) is 10.5 Å². The normalized spacial score (nSPS) is 12.3. The zero-order chi connectivity index (χ0) is 35.2. The monoisotopic (exact) mass is 696 g/mol. The molecule has 0 aliphatic heterocycles. The molecule has 0 radical (unpaired) electrons. The summed E-state index contributed by atoms with van der Waals surface area (Å²) in [5.41, 5.74) is 2.88. The molecule has 4 rings (SSSR count). The number of hydrogen-bond donors (Lipinski definition) is 2. The van der Waals surface area contributed by atoms with Crippen LogP contribution < -0.4 is 10.6 Å². The van der Waals surface area contributed by atoms with Gasteiger partial charge in [0.1, 0.15) is 15.5 Å². The number of anilines is 1. The minimum absolute atomic E-state index is 0.0562. The van der Waals surface area contributed by atoms with E-state index in [0.717, 1.165) is 22.4 Å². The smallest absolute Gasteiger partial charge is 0.411 e. The fourth-order valence-electron chi connectivity index (χ4n) is 4.83. The molecule has 1 aromatic carbocycles. The van der Waals surface area contributed by atoms with Crippen molar-refractivity contribution in [2.75, 3.05) is 19.0 Å². The molecule has 0 spiro atoms. The minimum atomic E-state index is -0.949. The van der Waals surface area contributed by atoms with Gasteiger partial charge in [-0.3, -0.25) is 14.4 Å². The molecule has 0 saturated heterocycles. The number of esters is 1. The van der Waals surface area contributed by atoms with E-state index < -0.39 is 29.2 Å². The molecule has 0 saturated carbocycles. The van der Waals surface area contributed by atoms with E-state index in [1.807, 2.05) is 39.0 Å². The van der Waals surface area contributed by atoms with Crippen LogP contribution in [0.15, 0.2) is 49.1 Å². The predicted molar refractivity (Wildman–Crippen MR) is 184 cm³/mol. The van der Waals surface area contributed by atoms with E-state index in [1.165, 1.54) is 23.3 Å². The number of nitrogens with one attached hydrogen (secondary N) is 2. The number of hydrogen-bond acceptors (Lipinski definition) is 11. The fraction of sp³-hybridized carbons (Fsp3) is 0.424. The van der Waals surface area contributed by atoms with Crippen LogP contribution in [0.2, 0.25) is 5.28 Å². The number of carbonyl (C=O) groups excluding carboxylic acids is 3. The van der Waals surface area contributed by atoms with Crippen molar-refractivity contribution in [1.82, 2.24) is 34.9 Å². The molecular weight excluding hydrogens is 656 g/mol. The van der Waals surface area contributed by atoms with E-state index in [4.69, 9.17) is 21.1 Å². The average Bonchev–Trinajstić information content (AvgIpc) is 3.69. The molecule has 15 heteroatoms. The van der Waals surface area contributed by atoms with Crippen molar-refractivity contribution in [2.24, 2.45) is 0 Å². The number of thiazole rings is 1. The standard InChI is InChI=1S/C33H41ClN8O5S/c1-9-42(31(45)47-32(3,4)5)25(28(44)46-8)19-41-18-23(16-38-41)40-33(6,7)29-37-17-26(48-29)27(43)36-15-22-11-10-21(14-20(22)2)24-12-13-35-30(34)39-24/h10-14,16-18,25,40H,9,15,19H2,1-8H3,(H,36,43). The minimum Gasteiger partial charge on any atom is -0.467 e. The number of carbonyl (C=O) groups is 3. The summed E-state index contributed by atoms with van der Waals surface area (Å²) in [6.45, 7) is 13.6. The van der Waals surface area contributed by atoms with Crippen molar-refractivity contribution in [1.29, 1.82) is 0 Å². The predicted octanol–water partition coefficient (Wildman–Crippen LogP) is 5.83. The van der Waals surface area contributed by atoms with Gasteiger partial charge in [-0.2, -0.15) is 5.10 Å². The molecule has 0 fully saturated rings. The van der Waals surface area contributed by atoms with Crippen molar-refractivity contribution in [3.8, 4) is 11.3 Å². The number of amides is 2. The van der Waals surface area contributed by atoms with Gasteiger partial charge in [0.25, 0.3) is 5.91 Å². The lowest BCUT2D eigenvalue weighted by Gasteiger charge is -2.31. The second-order valence-corrected chi connectivity index (χ2v) is 13.9. The van der Waals surface area contributed by atoms with Crippen LogP contribution in [0, 0.1) is 6.92 Å². The number of halogens is 1. The SMILES string of the molecule is CCN(C(=O)OC(C)(C)C)C(Cn1cc(NC(C)(C)c2ncc(C(=O)NCc3ccc(-c4ccnc(Cl)n4)cc3C)s2)cn1)C(=O)OC. The molecule has 1 unspecified atom stereocenters. The lowest BCUT2D eigenvalue weighted by atomic mass is 10.0. The maximum atomic E-state index is 13.1. The van der Waals surface area contributed by atoms with Gasteiger partial charge in [-0.05, 0) is 83.3 Å². The first-order chi connectivity index (χ1) is 22.6. The second-order valence-electron chi connectivity index (χ2n) is 12.6. The van der Waals surface area contributed by atoms with E-state index >= 15 is 0 Å². The Morgan fingerprint density at radius 3 is 2.50 bits per heavy atom. The molecule has 2 amide bonds. The van der Waals surface area contributed by atoms with E-state index in [0.29, 0.717) is 22.1 Å². The van der Waals surface area contributed by atoms with E-state index in [1.54, 1.807) is 63.2 Å². The molecular formula is C33H41ClN8O5S. The summed E-state index contributed by atoms with van der Waals surface area (Å²) in [4.78, 5) is 53.1. The summed E-state index contributed by atoms with van der Waals surface area (Å²) < 4.78 is 12.1. The number of likely N-dealkylation sites (N-methyl/N-ethyl adjacent to an activating group) is 1. The molecule has 0 aliphatic carbocycles. The Morgan fingerprint density at radius 1 is 1.10 bits per heavy atom. The van der Waals surface area contributed by atoms with Gasteiger partial charge in [-0.25, -0.2) is 24.5 Å². The molecule has 3 aromatic heterocycles. The summed E-state index contributed by atoms with van der Waals surface area (Å²) in [5.74, 6) is -0.811. The first-order valence-corrected chi connectivity index (χ1v) is 16.5. The second kappa shape index (κ2) is 15.1. The third-order valence-corrected chi connectivity index (χ3v) is 8.74. The maximum absolute atomic E-state index is 13.1. The number of methoxy groups -OCH3 is 1. The fourth-order valence-corrected chi connectivity index (χ4v) is 5.87. The Kier molecular flexibility index (Phi) is 11.4. The number of ether oxygens (including phenoxy) is 2. The molecule has 0 bridgehead atoms. The van der Waals surface area contributed by atoms with Crippen molar-refractivity contribution in [2.45, 2.75) is 78.7 Å². The molecule has 1 atom stereocenters. The molecule has 256 valence electrons. The first-order valence-electron chi connectivity index (χ1n) is 15.3. The Morgan fingerprint density at radius 2 is 1.85 bits per heavy atom. The number of aromatic nitrogens is 5. The molecule has 0 aliphatic rings. The van der Waals surface area contributed by atoms with Crippen molar-refractivity contribution >= 4 is 46.6 Å². The summed E-state index contributed by atoms with van der Waals surface area (Å²) >= 11 is 7.23. The van der Waals surface area contributed by atoms with Gasteiger partial charge in [0.05, 0.1) is 43.0 Å². The van der Waals surface area contributed by atoms with Crippen molar-refractivity contribution in [3.63, 3.8) is 0 Å². The Labute approximate surface area is 289 Å². The lowest BCUT2D eigenvalue weighted by molar-refractivity contribution is -0.147. The summed E-state index contributed by atoms with van der Waals surface area (Å²) in [7, 11) is 1.27. The average molecular weight is 697 g/mol. The third-order valence-electron chi connectivity index (χ3n) is 7.24. The Hall–Kier alpha value is -4.56. The highest BCUT2D eigenvalue weighted by Crippen LogP contribution is 2.29. The van der Waals surface area contributed by atoms with Crippen molar-refractivity contribution < 1.29 is 23.9 Å². The number of nitrogens with zero attached hydrogens (tertiary/aromatic N) is 6. The van der Waals surface area contributed by atoms with Gasteiger partial charge in [-0.1, -0.05) is 12.1 Å².